The van der Waals surface area contributed by atoms with E-state index in [0.29, 0.717) is 12.1 Å². The molecule has 0 N–H and O–H groups in total. The zero-order valence-electron chi connectivity index (χ0n) is 16.7. The summed E-state index contributed by atoms with van der Waals surface area (Å²) in [4.78, 5) is 11.4. The van der Waals surface area contributed by atoms with Crippen LogP contribution >= 0.6 is 0 Å². The van der Waals surface area contributed by atoms with Crippen molar-refractivity contribution in [3.05, 3.63) is 65.2 Å². The van der Waals surface area contributed by atoms with E-state index in [1.165, 1.54) is 49.3 Å². The highest BCUT2D eigenvalue weighted by atomic mass is 16.5. The van der Waals surface area contributed by atoms with Gasteiger partial charge in [-0.25, -0.2) is 0 Å². The molecule has 0 radical (unpaired) electrons. The van der Waals surface area contributed by atoms with Gasteiger partial charge in [-0.15, -0.1) is 0 Å². The molecule has 0 spiro atoms. The van der Waals surface area contributed by atoms with Gasteiger partial charge < -0.3 is 9.53 Å². The lowest BCUT2D eigenvalue weighted by atomic mass is 10.1. The van der Waals surface area contributed by atoms with Gasteiger partial charge in [0.15, 0.2) is 0 Å². The van der Waals surface area contributed by atoms with Crippen molar-refractivity contribution < 1.29 is 9.53 Å². The number of aldehydes is 1. The fourth-order valence-electron chi connectivity index (χ4n) is 4.38. The van der Waals surface area contributed by atoms with Crippen LogP contribution in [0.5, 0.6) is 5.75 Å². The van der Waals surface area contributed by atoms with Crippen LogP contribution < -0.4 is 4.74 Å². The summed E-state index contributed by atoms with van der Waals surface area (Å²) in [6.45, 7) is 3.56. The molecule has 2 aliphatic rings. The second-order valence-corrected chi connectivity index (χ2v) is 7.66. The Balaban J connectivity index is 0.000000659. The van der Waals surface area contributed by atoms with Crippen LogP contribution in [0, 0.1) is 6.92 Å². The van der Waals surface area contributed by atoms with Gasteiger partial charge >= 0.3 is 0 Å². The van der Waals surface area contributed by atoms with Crippen LogP contribution in [0.2, 0.25) is 0 Å². The number of likely N-dealkylation sites (N-methyl/N-ethyl adjacent to an activating group) is 1. The molecule has 3 heteroatoms. The molecule has 0 aromatic heterocycles. The van der Waals surface area contributed by atoms with E-state index in [4.69, 9.17) is 9.53 Å². The molecule has 1 fully saturated rings. The smallest absolute Gasteiger partial charge is 0.140 e. The molecule has 2 aromatic rings. The number of aryl methyl sites for hydroxylation is 1. The number of hydrogen-bond donors (Lipinski definition) is 0. The largest absolute Gasteiger partial charge is 0.484 e. The third-order valence-electron chi connectivity index (χ3n) is 5.85. The molecular weight excluding hydrogens is 334 g/mol. The molecule has 0 saturated heterocycles. The molecule has 27 heavy (non-hydrogen) atoms. The Kier molecular flexibility index (Phi) is 6.68. The minimum atomic E-state index is 0.134. The molecule has 2 aromatic carbocycles. The van der Waals surface area contributed by atoms with Crippen LogP contribution in [-0.4, -0.2) is 30.3 Å². The molecule has 4 rings (SSSR count). The average molecular weight is 366 g/mol. The van der Waals surface area contributed by atoms with Crippen molar-refractivity contribution in [3.8, 4) is 5.75 Å². The molecule has 0 heterocycles. The summed E-state index contributed by atoms with van der Waals surface area (Å²) in [7, 11) is 2.30. The number of hydrogen-bond acceptors (Lipinski definition) is 3. The van der Waals surface area contributed by atoms with Gasteiger partial charge in [0.2, 0.25) is 0 Å². The van der Waals surface area contributed by atoms with Gasteiger partial charge in [0.1, 0.15) is 18.1 Å². The first-order valence-electron chi connectivity index (χ1n) is 10.1. The van der Waals surface area contributed by atoms with E-state index in [0.717, 1.165) is 18.5 Å². The third kappa shape index (κ3) is 4.59. The summed E-state index contributed by atoms with van der Waals surface area (Å²) >= 11 is 0. The van der Waals surface area contributed by atoms with E-state index in [1.54, 1.807) is 0 Å². The first kappa shape index (κ1) is 19.6. The van der Waals surface area contributed by atoms with E-state index in [-0.39, 0.29) is 6.10 Å². The Bertz CT molecular complexity index is 734. The average Bonchev–Trinajstić information content (AvgIpc) is 3.32. The Morgan fingerprint density at radius 3 is 2.33 bits per heavy atom. The number of carbonyl (C=O) groups is 1. The number of benzene rings is 2. The first-order chi connectivity index (χ1) is 13.1. The summed E-state index contributed by atoms with van der Waals surface area (Å²) in [6.07, 6.45) is 7.39. The van der Waals surface area contributed by atoms with Crippen LogP contribution in [0.25, 0.3) is 0 Å². The molecule has 144 valence electrons. The Morgan fingerprint density at radius 2 is 1.67 bits per heavy atom. The fourth-order valence-corrected chi connectivity index (χ4v) is 4.38. The van der Waals surface area contributed by atoms with Crippen LogP contribution in [0.1, 0.15) is 55.4 Å². The molecule has 0 amide bonds. The van der Waals surface area contributed by atoms with E-state index >= 15 is 0 Å². The molecular formula is C24H31NO2. The normalized spacial score (nSPS) is 21.5. The topological polar surface area (TPSA) is 29.5 Å². The molecule has 2 aliphatic carbocycles. The van der Waals surface area contributed by atoms with Crippen molar-refractivity contribution in [1.82, 2.24) is 4.90 Å². The maximum Gasteiger partial charge on any atom is 0.140 e. The second kappa shape index (κ2) is 9.18. The lowest BCUT2D eigenvalue weighted by Crippen LogP contribution is -2.42. The van der Waals surface area contributed by atoms with Crippen molar-refractivity contribution in [3.63, 3.8) is 0 Å². The number of ether oxygens (including phenoxy) is 1. The van der Waals surface area contributed by atoms with Gasteiger partial charge in [0.25, 0.3) is 0 Å². The SMILES string of the molecule is CC=O.Cc1ccc(O[C@@H]2c3ccccc3C[C@H]2N(C)C2CCCC2)cc1. The van der Waals surface area contributed by atoms with Crippen molar-refractivity contribution in [1.29, 1.82) is 0 Å². The van der Waals surface area contributed by atoms with E-state index in [2.05, 4.69) is 67.4 Å². The molecule has 0 bridgehead atoms. The van der Waals surface area contributed by atoms with Crippen molar-refractivity contribution in [2.45, 2.75) is 64.1 Å². The van der Waals surface area contributed by atoms with Crippen LogP contribution in [0.4, 0.5) is 0 Å². The van der Waals surface area contributed by atoms with Crippen LogP contribution in [-0.2, 0) is 11.2 Å². The lowest BCUT2D eigenvalue weighted by molar-refractivity contribution is -0.106. The Morgan fingerprint density at radius 1 is 1.04 bits per heavy atom. The van der Waals surface area contributed by atoms with Crippen molar-refractivity contribution >= 4 is 6.29 Å². The zero-order chi connectivity index (χ0) is 19.2. The molecule has 2 atom stereocenters. The van der Waals surface area contributed by atoms with E-state index in [9.17, 15) is 0 Å². The number of fused-ring (bicyclic) bond motifs is 1. The number of rotatable bonds is 4. The zero-order valence-corrected chi connectivity index (χ0v) is 16.7. The third-order valence-corrected chi connectivity index (χ3v) is 5.85. The second-order valence-electron chi connectivity index (χ2n) is 7.66. The molecule has 3 nitrogen and oxygen atoms in total. The minimum absolute atomic E-state index is 0.134. The standard InChI is InChI=1S/C22H27NO.C2H4O/c1-16-11-13-19(14-12-16)24-22-20-10-6-3-7-17(20)15-21(22)23(2)18-8-4-5-9-18;1-2-3/h3,6-7,10-14,18,21-22H,4-5,8-9,15H2,1-2H3;2H,1H3/t21-,22-;/m1./s1. The quantitative estimate of drug-likeness (QED) is 0.704. The summed E-state index contributed by atoms with van der Waals surface area (Å²) in [6, 6.07) is 18.4. The molecule has 1 saturated carbocycles. The predicted octanol–water partition coefficient (Wildman–Crippen LogP) is 5.12. The van der Waals surface area contributed by atoms with Gasteiger partial charge in [-0.2, -0.15) is 0 Å². The van der Waals surface area contributed by atoms with Crippen LogP contribution in [0.3, 0.4) is 0 Å². The van der Waals surface area contributed by atoms with Gasteiger partial charge in [-0.1, -0.05) is 54.8 Å². The van der Waals surface area contributed by atoms with Crippen molar-refractivity contribution in [2.75, 3.05) is 7.05 Å². The summed E-state index contributed by atoms with van der Waals surface area (Å²) < 4.78 is 6.51. The predicted molar refractivity (Wildman–Crippen MR) is 110 cm³/mol. The van der Waals surface area contributed by atoms with Gasteiger partial charge in [-0.05, 0) is 63.4 Å². The Labute approximate surface area is 163 Å². The van der Waals surface area contributed by atoms with E-state index in [1.807, 2.05) is 0 Å². The van der Waals surface area contributed by atoms with Crippen LogP contribution in [0.15, 0.2) is 48.5 Å². The lowest BCUT2D eigenvalue weighted by Gasteiger charge is -2.34. The van der Waals surface area contributed by atoms with Gasteiger partial charge in [0.05, 0.1) is 6.04 Å². The highest BCUT2D eigenvalue weighted by molar-refractivity contribution is 5.44. The maximum atomic E-state index is 8.81. The fraction of sp³-hybridized carbons (Fsp3) is 0.458. The number of carbonyl (C=O) groups excluding carboxylic acids is 1. The Hall–Kier alpha value is -2.13. The number of nitrogens with zero attached hydrogens (tertiary/aromatic N) is 1. The van der Waals surface area contributed by atoms with Crippen molar-refractivity contribution in [2.24, 2.45) is 0 Å². The van der Waals surface area contributed by atoms with Gasteiger partial charge in [0, 0.05) is 6.04 Å². The summed E-state index contributed by atoms with van der Waals surface area (Å²) in [5, 5.41) is 0. The maximum absolute atomic E-state index is 8.81. The highest BCUT2D eigenvalue weighted by Gasteiger charge is 2.39. The van der Waals surface area contributed by atoms with E-state index < -0.39 is 0 Å². The minimum Gasteiger partial charge on any atom is -0.484 e. The monoisotopic (exact) mass is 365 g/mol. The summed E-state index contributed by atoms with van der Waals surface area (Å²) in [5.74, 6) is 0.979. The highest BCUT2D eigenvalue weighted by Crippen LogP contribution is 2.39. The van der Waals surface area contributed by atoms with Gasteiger partial charge in [-0.3, -0.25) is 4.90 Å². The summed E-state index contributed by atoms with van der Waals surface area (Å²) in [5.41, 5.74) is 4.09. The molecule has 0 aliphatic heterocycles. The first-order valence-corrected chi connectivity index (χ1v) is 10.1. The molecule has 0 unspecified atom stereocenters.